The lowest BCUT2D eigenvalue weighted by atomic mass is 9.99. The Morgan fingerprint density at radius 3 is 2.41 bits per heavy atom. The fourth-order valence-electron chi connectivity index (χ4n) is 4.71. The molecule has 4 aromatic carbocycles. The fraction of sp³-hybridized carbons (Fsp3) is 0.167. The predicted molar refractivity (Wildman–Crippen MR) is 153 cm³/mol. The van der Waals surface area contributed by atoms with Crippen LogP contribution in [0.1, 0.15) is 26.3 Å². The maximum absolute atomic E-state index is 13.6. The van der Waals surface area contributed by atoms with Gasteiger partial charge in [0.25, 0.3) is 11.8 Å². The number of rotatable bonds is 6. The Morgan fingerprint density at radius 1 is 0.949 bits per heavy atom. The topological polar surface area (TPSA) is 94.5 Å². The number of hydrogen-bond donors (Lipinski definition) is 2. The van der Waals surface area contributed by atoms with Gasteiger partial charge in [-0.1, -0.05) is 54.1 Å². The number of para-hydroxylation sites is 2. The number of methoxy groups -OCH3 is 1. The number of halogens is 1. The Morgan fingerprint density at radius 2 is 1.67 bits per heavy atom. The van der Waals surface area contributed by atoms with Crippen molar-refractivity contribution >= 4 is 46.1 Å². The van der Waals surface area contributed by atoms with Gasteiger partial charge in [-0.25, -0.2) is 5.43 Å². The van der Waals surface area contributed by atoms with E-state index in [2.05, 4.69) is 15.4 Å². The molecule has 1 heterocycles. The third-order valence-corrected chi connectivity index (χ3v) is 7.06. The summed E-state index contributed by atoms with van der Waals surface area (Å²) in [4.78, 5) is 30.1. The van der Waals surface area contributed by atoms with Crippen molar-refractivity contribution in [3.63, 3.8) is 0 Å². The van der Waals surface area contributed by atoms with Crippen LogP contribution in [0.25, 0.3) is 10.8 Å². The number of fused-ring (bicyclic) bond motifs is 1. The number of aromatic hydroxyl groups is 1. The summed E-state index contributed by atoms with van der Waals surface area (Å²) in [5, 5.41) is 15.4. The Bertz CT molecular complexity index is 1560. The minimum Gasteiger partial charge on any atom is -0.506 e. The van der Waals surface area contributed by atoms with Crippen LogP contribution in [-0.2, 0) is 0 Å². The fourth-order valence-corrected chi connectivity index (χ4v) is 4.89. The first-order valence-corrected chi connectivity index (χ1v) is 12.8. The molecule has 2 N–H and O–H groups in total. The van der Waals surface area contributed by atoms with Crippen LogP contribution in [0.3, 0.4) is 0 Å². The molecule has 1 aliphatic heterocycles. The standard InChI is InChI=1S/C30H27ClN4O4/c1-39-28-9-5-4-8-26(28)34-14-16-35(17-15-34)30(38)24-12-10-21(22-6-2-3-7-23(22)24)19-32-33-29(37)20-11-13-27(36)25(31)18-20/h2-13,18-19,36H,14-17H2,1H3,(H,33,37)/b32-19+. The summed E-state index contributed by atoms with van der Waals surface area (Å²) >= 11 is 5.89. The molecule has 1 fully saturated rings. The molecule has 0 unspecified atom stereocenters. The van der Waals surface area contributed by atoms with Crippen LogP contribution in [0.4, 0.5) is 5.69 Å². The van der Waals surface area contributed by atoms with Gasteiger partial charge < -0.3 is 19.6 Å². The summed E-state index contributed by atoms with van der Waals surface area (Å²) in [5.41, 5.74) is 5.15. The molecule has 0 atom stereocenters. The van der Waals surface area contributed by atoms with Crippen LogP contribution in [0, 0.1) is 0 Å². The van der Waals surface area contributed by atoms with Gasteiger partial charge in [0.05, 0.1) is 24.0 Å². The molecular formula is C30H27ClN4O4. The number of piperazine rings is 1. The van der Waals surface area contributed by atoms with E-state index in [0.29, 0.717) is 31.7 Å². The highest BCUT2D eigenvalue weighted by atomic mass is 35.5. The number of hydrogen-bond acceptors (Lipinski definition) is 6. The summed E-state index contributed by atoms with van der Waals surface area (Å²) in [6, 6.07) is 23.4. The van der Waals surface area contributed by atoms with Crippen molar-refractivity contribution < 1.29 is 19.4 Å². The summed E-state index contributed by atoms with van der Waals surface area (Å²) in [5.74, 6) is 0.239. The molecule has 0 saturated carbocycles. The minimum atomic E-state index is -0.462. The second-order valence-electron chi connectivity index (χ2n) is 9.06. The highest BCUT2D eigenvalue weighted by molar-refractivity contribution is 6.32. The molecule has 5 rings (SSSR count). The predicted octanol–water partition coefficient (Wildman–Crippen LogP) is 4.93. The quantitative estimate of drug-likeness (QED) is 0.266. The number of benzene rings is 4. The number of nitrogens with one attached hydrogen (secondary N) is 1. The van der Waals surface area contributed by atoms with Crippen molar-refractivity contribution in [3.8, 4) is 11.5 Å². The van der Waals surface area contributed by atoms with Crippen LogP contribution in [0.15, 0.2) is 84.0 Å². The van der Waals surface area contributed by atoms with Crippen molar-refractivity contribution in [1.29, 1.82) is 0 Å². The molecule has 1 aliphatic rings. The molecule has 0 aliphatic carbocycles. The van der Waals surface area contributed by atoms with Gasteiger partial charge in [-0.2, -0.15) is 5.10 Å². The van der Waals surface area contributed by atoms with Crippen LogP contribution in [0.2, 0.25) is 5.02 Å². The molecule has 9 heteroatoms. The first-order valence-electron chi connectivity index (χ1n) is 12.5. The van der Waals surface area contributed by atoms with Crippen molar-refractivity contribution in [2.45, 2.75) is 0 Å². The number of nitrogens with zero attached hydrogens (tertiary/aromatic N) is 3. The van der Waals surface area contributed by atoms with E-state index in [1.807, 2.05) is 59.5 Å². The third-order valence-electron chi connectivity index (χ3n) is 6.76. The maximum Gasteiger partial charge on any atom is 0.271 e. The number of hydrazone groups is 1. The highest BCUT2D eigenvalue weighted by Crippen LogP contribution is 2.29. The number of anilines is 1. The Balaban J connectivity index is 1.30. The number of carbonyl (C=O) groups excluding carboxylic acids is 2. The summed E-state index contributed by atoms with van der Waals surface area (Å²) < 4.78 is 5.50. The van der Waals surface area contributed by atoms with Gasteiger partial charge in [-0.05, 0) is 47.2 Å². The molecule has 0 aromatic heterocycles. The van der Waals surface area contributed by atoms with Gasteiger partial charge in [0.2, 0.25) is 0 Å². The van der Waals surface area contributed by atoms with E-state index >= 15 is 0 Å². The average molecular weight is 543 g/mol. The van der Waals surface area contributed by atoms with Crippen molar-refractivity contribution in [3.05, 3.63) is 101 Å². The zero-order valence-electron chi connectivity index (χ0n) is 21.3. The largest absolute Gasteiger partial charge is 0.506 e. The maximum atomic E-state index is 13.6. The van der Waals surface area contributed by atoms with Gasteiger partial charge >= 0.3 is 0 Å². The van der Waals surface area contributed by atoms with Gasteiger partial charge in [-0.3, -0.25) is 9.59 Å². The molecule has 39 heavy (non-hydrogen) atoms. The summed E-state index contributed by atoms with van der Waals surface area (Å²) in [6.07, 6.45) is 1.54. The molecule has 0 bridgehead atoms. The molecule has 8 nitrogen and oxygen atoms in total. The lowest BCUT2D eigenvalue weighted by Gasteiger charge is -2.36. The SMILES string of the molecule is COc1ccccc1N1CCN(C(=O)c2ccc(/C=N/NC(=O)c3ccc(O)c(Cl)c3)c3ccccc23)CC1. The zero-order valence-corrected chi connectivity index (χ0v) is 22.1. The molecule has 198 valence electrons. The normalized spacial score (nSPS) is 13.6. The molecule has 2 amide bonds. The second kappa shape index (κ2) is 11.4. The van der Waals surface area contributed by atoms with Gasteiger partial charge in [0.1, 0.15) is 11.5 Å². The number of amides is 2. The van der Waals surface area contributed by atoms with E-state index in [4.69, 9.17) is 16.3 Å². The van der Waals surface area contributed by atoms with E-state index in [0.717, 1.165) is 27.8 Å². The van der Waals surface area contributed by atoms with E-state index in [-0.39, 0.29) is 22.2 Å². The van der Waals surface area contributed by atoms with Crippen LogP contribution in [0.5, 0.6) is 11.5 Å². The smallest absolute Gasteiger partial charge is 0.271 e. The minimum absolute atomic E-state index is 0.0214. The second-order valence-corrected chi connectivity index (χ2v) is 9.47. The third kappa shape index (κ3) is 5.51. The molecule has 4 aromatic rings. The van der Waals surface area contributed by atoms with Crippen molar-refractivity contribution in [2.75, 3.05) is 38.2 Å². The van der Waals surface area contributed by atoms with Gasteiger partial charge in [0.15, 0.2) is 0 Å². The van der Waals surface area contributed by atoms with Crippen molar-refractivity contribution in [1.82, 2.24) is 10.3 Å². The highest BCUT2D eigenvalue weighted by Gasteiger charge is 2.25. The van der Waals surface area contributed by atoms with Crippen molar-refractivity contribution in [2.24, 2.45) is 5.10 Å². The van der Waals surface area contributed by atoms with E-state index in [1.165, 1.54) is 18.2 Å². The van der Waals surface area contributed by atoms with Crippen LogP contribution >= 0.6 is 11.6 Å². The van der Waals surface area contributed by atoms with E-state index < -0.39 is 5.91 Å². The van der Waals surface area contributed by atoms with Gasteiger partial charge in [-0.15, -0.1) is 0 Å². The first-order chi connectivity index (χ1) is 19.0. The number of phenols is 1. The molecule has 1 saturated heterocycles. The van der Waals surface area contributed by atoms with Crippen LogP contribution < -0.4 is 15.1 Å². The summed E-state index contributed by atoms with van der Waals surface area (Å²) in [6.45, 7) is 2.62. The monoisotopic (exact) mass is 542 g/mol. The number of carbonyl (C=O) groups is 2. The van der Waals surface area contributed by atoms with E-state index in [9.17, 15) is 14.7 Å². The lowest BCUT2D eigenvalue weighted by molar-refractivity contribution is 0.0748. The molecule has 0 spiro atoms. The van der Waals surface area contributed by atoms with E-state index in [1.54, 1.807) is 19.4 Å². The van der Waals surface area contributed by atoms with Crippen LogP contribution in [-0.4, -0.2) is 61.3 Å². The Kier molecular flexibility index (Phi) is 7.65. The Hall–Kier alpha value is -4.56. The average Bonchev–Trinajstić information content (AvgIpc) is 2.98. The summed E-state index contributed by atoms with van der Waals surface area (Å²) in [7, 11) is 1.66. The number of ether oxygens (including phenoxy) is 1. The molecule has 0 radical (unpaired) electrons. The number of phenolic OH excluding ortho intramolecular Hbond substituents is 1. The first kappa shape index (κ1) is 26.1. The van der Waals surface area contributed by atoms with Gasteiger partial charge in [0, 0.05) is 42.9 Å². The molecular weight excluding hydrogens is 516 g/mol. The Labute approximate surface area is 231 Å². The zero-order chi connectivity index (χ0) is 27.4. The lowest BCUT2D eigenvalue weighted by Crippen LogP contribution is -2.48.